The fraction of sp³-hybridized carbons (Fsp3) is 0.474. The average Bonchev–Trinajstić information content (AvgIpc) is 2.95. The topological polar surface area (TPSA) is 61.6 Å². The summed E-state index contributed by atoms with van der Waals surface area (Å²) in [7, 11) is 0. The lowest BCUT2D eigenvalue weighted by molar-refractivity contribution is -0.118. The van der Waals surface area contributed by atoms with Gasteiger partial charge in [0.15, 0.2) is 5.82 Å². The van der Waals surface area contributed by atoms with Crippen LogP contribution in [0.15, 0.2) is 40.9 Å². The highest BCUT2D eigenvalue weighted by Gasteiger charge is 2.34. The maximum Gasteiger partial charge on any atom is 0.239 e. The number of nitrogens with zero attached hydrogens (tertiary/aromatic N) is 3. The van der Waals surface area contributed by atoms with Crippen molar-refractivity contribution < 1.29 is 9.32 Å². The summed E-state index contributed by atoms with van der Waals surface area (Å²) in [6.07, 6.45) is 0. The smallest absolute Gasteiger partial charge is 0.239 e. The summed E-state index contributed by atoms with van der Waals surface area (Å²) in [6, 6.07) is 12.2. The normalized spacial score (nSPS) is 18.2. The minimum absolute atomic E-state index is 0.0127. The van der Waals surface area contributed by atoms with Crippen molar-refractivity contribution in [3.05, 3.63) is 47.7 Å². The Bertz CT molecular complexity index is 711. The SMILES string of the molecule is Cc1cc(NC(=O)CN2CCN(Cc3ccccc3)C(C)(C)C2)no1. The molecule has 1 aromatic carbocycles. The second-order valence-electron chi connectivity index (χ2n) is 7.30. The number of piperazine rings is 1. The van der Waals surface area contributed by atoms with E-state index in [9.17, 15) is 4.79 Å². The molecule has 0 aliphatic carbocycles. The third-order valence-electron chi connectivity index (χ3n) is 4.63. The molecule has 6 heteroatoms. The van der Waals surface area contributed by atoms with Gasteiger partial charge in [0, 0.05) is 37.8 Å². The molecule has 1 aliphatic rings. The van der Waals surface area contributed by atoms with E-state index >= 15 is 0 Å². The second-order valence-corrected chi connectivity index (χ2v) is 7.30. The largest absolute Gasteiger partial charge is 0.360 e. The van der Waals surface area contributed by atoms with Crippen LogP contribution in [0.2, 0.25) is 0 Å². The van der Waals surface area contributed by atoms with E-state index in [1.54, 1.807) is 13.0 Å². The summed E-state index contributed by atoms with van der Waals surface area (Å²) in [5.74, 6) is 1.11. The van der Waals surface area contributed by atoms with Gasteiger partial charge in [-0.15, -0.1) is 0 Å². The van der Waals surface area contributed by atoms with Gasteiger partial charge in [-0.05, 0) is 26.3 Å². The average molecular weight is 342 g/mol. The number of carbonyl (C=O) groups is 1. The molecule has 0 saturated carbocycles. The number of nitrogens with one attached hydrogen (secondary N) is 1. The van der Waals surface area contributed by atoms with Gasteiger partial charge in [-0.25, -0.2) is 0 Å². The molecule has 1 aromatic heterocycles. The fourth-order valence-electron chi connectivity index (χ4n) is 3.33. The van der Waals surface area contributed by atoms with Crippen molar-refractivity contribution in [3.63, 3.8) is 0 Å². The number of amides is 1. The monoisotopic (exact) mass is 342 g/mol. The van der Waals surface area contributed by atoms with E-state index in [1.165, 1.54) is 5.56 Å². The molecule has 25 heavy (non-hydrogen) atoms. The number of carbonyl (C=O) groups excluding carboxylic acids is 1. The van der Waals surface area contributed by atoms with Crippen molar-refractivity contribution in [2.24, 2.45) is 0 Å². The van der Waals surface area contributed by atoms with E-state index in [4.69, 9.17) is 4.52 Å². The summed E-state index contributed by atoms with van der Waals surface area (Å²) in [5.41, 5.74) is 1.34. The predicted molar refractivity (Wildman–Crippen MR) is 97.2 cm³/mol. The minimum atomic E-state index is -0.0550. The number of hydrogen-bond donors (Lipinski definition) is 1. The Morgan fingerprint density at radius 1 is 1.28 bits per heavy atom. The highest BCUT2D eigenvalue weighted by molar-refractivity contribution is 5.91. The van der Waals surface area contributed by atoms with Gasteiger partial charge in [-0.3, -0.25) is 14.6 Å². The number of benzene rings is 1. The predicted octanol–water partition coefficient (Wildman–Crippen LogP) is 2.52. The van der Waals surface area contributed by atoms with E-state index in [0.717, 1.165) is 26.2 Å². The second kappa shape index (κ2) is 7.37. The van der Waals surface area contributed by atoms with Gasteiger partial charge >= 0.3 is 0 Å². The van der Waals surface area contributed by atoms with Gasteiger partial charge in [-0.1, -0.05) is 35.5 Å². The van der Waals surface area contributed by atoms with Crippen molar-refractivity contribution in [1.29, 1.82) is 0 Å². The molecule has 0 radical (unpaired) electrons. The van der Waals surface area contributed by atoms with E-state index in [-0.39, 0.29) is 11.4 Å². The van der Waals surface area contributed by atoms with Crippen LogP contribution in [0, 0.1) is 6.92 Å². The summed E-state index contributed by atoms with van der Waals surface area (Å²) < 4.78 is 4.97. The third kappa shape index (κ3) is 4.67. The first-order valence-electron chi connectivity index (χ1n) is 8.67. The Morgan fingerprint density at radius 2 is 2.04 bits per heavy atom. The maximum absolute atomic E-state index is 12.2. The van der Waals surface area contributed by atoms with Gasteiger partial charge < -0.3 is 9.84 Å². The van der Waals surface area contributed by atoms with Crippen molar-refractivity contribution in [2.45, 2.75) is 32.9 Å². The van der Waals surface area contributed by atoms with Crippen molar-refractivity contribution in [3.8, 4) is 0 Å². The van der Waals surface area contributed by atoms with E-state index in [2.05, 4.69) is 58.4 Å². The lowest BCUT2D eigenvalue weighted by Gasteiger charge is -2.47. The lowest BCUT2D eigenvalue weighted by Crippen LogP contribution is -2.59. The molecular formula is C19H26N4O2. The Labute approximate surface area is 148 Å². The molecule has 1 aliphatic heterocycles. The number of aryl methyl sites for hydroxylation is 1. The maximum atomic E-state index is 12.2. The van der Waals surface area contributed by atoms with Gasteiger partial charge in [0.1, 0.15) is 5.76 Å². The van der Waals surface area contributed by atoms with Crippen molar-refractivity contribution in [1.82, 2.24) is 15.0 Å². The van der Waals surface area contributed by atoms with Crippen LogP contribution in [0.4, 0.5) is 5.82 Å². The van der Waals surface area contributed by atoms with Gasteiger partial charge in [0.05, 0.1) is 6.54 Å². The summed E-state index contributed by atoms with van der Waals surface area (Å²) in [5, 5.41) is 6.59. The molecule has 2 aromatic rings. The first-order chi connectivity index (χ1) is 11.9. The number of hydrogen-bond acceptors (Lipinski definition) is 5. The summed E-state index contributed by atoms with van der Waals surface area (Å²) >= 11 is 0. The molecular weight excluding hydrogens is 316 g/mol. The summed E-state index contributed by atoms with van der Waals surface area (Å²) in [4.78, 5) is 16.9. The lowest BCUT2D eigenvalue weighted by atomic mass is 9.97. The Hall–Kier alpha value is -2.18. The number of rotatable bonds is 5. The Morgan fingerprint density at radius 3 is 2.68 bits per heavy atom. The van der Waals surface area contributed by atoms with E-state index in [0.29, 0.717) is 18.1 Å². The van der Waals surface area contributed by atoms with Crippen LogP contribution < -0.4 is 5.32 Å². The van der Waals surface area contributed by atoms with E-state index < -0.39 is 0 Å². The molecule has 2 heterocycles. The molecule has 3 rings (SSSR count). The molecule has 1 fully saturated rings. The van der Waals surface area contributed by atoms with Gasteiger partial charge in [-0.2, -0.15) is 0 Å². The van der Waals surface area contributed by atoms with Crippen LogP contribution in [-0.2, 0) is 11.3 Å². The third-order valence-corrected chi connectivity index (χ3v) is 4.63. The Balaban J connectivity index is 1.53. The molecule has 6 nitrogen and oxygen atoms in total. The molecule has 0 bridgehead atoms. The molecule has 134 valence electrons. The standard InChI is InChI=1S/C19H26N4O2/c1-15-11-17(21-25-15)20-18(24)13-22-9-10-23(19(2,3)14-22)12-16-7-5-4-6-8-16/h4-8,11H,9-10,12-14H2,1-3H3,(H,20,21,24). The zero-order valence-corrected chi connectivity index (χ0v) is 15.2. The highest BCUT2D eigenvalue weighted by Crippen LogP contribution is 2.23. The molecule has 0 atom stereocenters. The van der Waals surface area contributed by atoms with Crippen LogP contribution in [0.3, 0.4) is 0 Å². The van der Waals surface area contributed by atoms with Gasteiger partial charge in [0.25, 0.3) is 0 Å². The van der Waals surface area contributed by atoms with Gasteiger partial charge in [0.2, 0.25) is 5.91 Å². The van der Waals surface area contributed by atoms with Crippen LogP contribution in [0.5, 0.6) is 0 Å². The summed E-state index contributed by atoms with van der Waals surface area (Å²) in [6.45, 7) is 10.3. The van der Waals surface area contributed by atoms with Crippen LogP contribution >= 0.6 is 0 Å². The van der Waals surface area contributed by atoms with Crippen LogP contribution in [-0.4, -0.2) is 52.6 Å². The van der Waals surface area contributed by atoms with Crippen molar-refractivity contribution >= 4 is 11.7 Å². The van der Waals surface area contributed by atoms with Crippen molar-refractivity contribution in [2.75, 3.05) is 31.5 Å². The fourth-order valence-corrected chi connectivity index (χ4v) is 3.33. The minimum Gasteiger partial charge on any atom is -0.360 e. The molecule has 1 amide bonds. The zero-order chi connectivity index (χ0) is 17.9. The Kier molecular flexibility index (Phi) is 5.20. The first kappa shape index (κ1) is 17.6. The van der Waals surface area contributed by atoms with E-state index in [1.807, 2.05) is 6.07 Å². The number of anilines is 1. The quantitative estimate of drug-likeness (QED) is 0.905. The van der Waals surface area contributed by atoms with Crippen LogP contribution in [0.1, 0.15) is 25.2 Å². The molecule has 1 N–H and O–H groups in total. The molecule has 0 spiro atoms. The first-order valence-corrected chi connectivity index (χ1v) is 8.67. The molecule has 1 saturated heterocycles. The number of aromatic nitrogens is 1. The zero-order valence-electron chi connectivity index (χ0n) is 15.2. The highest BCUT2D eigenvalue weighted by atomic mass is 16.5. The van der Waals surface area contributed by atoms with Crippen LogP contribution in [0.25, 0.3) is 0 Å². The molecule has 0 unspecified atom stereocenters.